The molecule has 1 amide bonds. The number of hydrogen-bond donors (Lipinski definition) is 1. The fourth-order valence-corrected chi connectivity index (χ4v) is 1.78. The van der Waals surface area contributed by atoms with Gasteiger partial charge in [-0.2, -0.15) is 10.3 Å². The molecular formula is C14H10ClN5O2. The number of rotatable bonds is 3. The van der Waals surface area contributed by atoms with Crippen LogP contribution >= 0.6 is 11.6 Å². The second-order valence-corrected chi connectivity index (χ2v) is 4.54. The van der Waals surface area contributed by atoms with Gasteiger partial charge in [-0.1, -0.05) is 28.9 Å². The molecule has 7 nitrogen and oxygen atoms in total. The highest BCUT2D eigenvalue weighted by atomic mass is 35.5. The number of carbonyl (C=O) groups is 1. The van der Waals surface area contributed by atoms with Crippen LogP contribution in [0.3, 0.4) is 0 Å². The average molecular weight is 316 g/mol. The van der Waals surface area contributed by atoms with Crippen molar-refractivity contribution in [1.82, 2.24) is 9.55 Å². The van der Waals surface area contributed by atoms with Crippen molar-refractivity contribution in [1.29, 1.82) is 5.26 Å². The van der Waals surface area contributed by atoms with E-state index in [1.54, 1.807) is 47.3 Å². The highest BCUT2D eigenvalue weighted by molar-refractivity contribution is 6.45. The Labute approximate surface area is 130 Å². The van der Waals surface area contributed by atoms with E-state index < -0.39 is 11.6 Å². The predicted molar refractivity (Wildman–Crippen MR) is 78.2 cm³/mol. The van der Waals surface area contributed by atoms with Gasteiger partial charge in [0, 0.05) is 12.4 Å². The molecule has 0 radical (unpaired) electrons. The van der Waals surface area contributed by atoms with E-state index in [0.717, 1.165) is 5.56 Å². The maximum Gasteiger partial charge on any atom is 0.311 e. The molecule has 0 aliphatic rings. The summed E-state index contributed by atoms with van der Waals surface area (Å²) < 4.78 is 1.69. The van der Waals surface area contributed by atoms with Crippen molar-refractivity contribution < 1.29 is 10.0 Å². The second-order valence-electron chi connectivity index (χ2n) is 4.15. The Morgan fingerprint density at radius 3 is 2.86 bits per heavy atom. The molecule has 0 aliphatic heterocycles. The number of hydrogen-bond acceptors (Lipinski definition) is 5. The largest absolute Gasteiger partial charge is 0.410 e. The SMILES string of the molecule is N#C/C(=N\O)C(=O)/N=c1\ccccn1Cc1ccc(Cl)nc1. The normalized spacial score (nSPS) is 12.0. The minimum Gasteiger partial charge on any atom is -0.410 e. The Kier molecular flexibility index (Phi) is 5.01. The zero-order valence-electron chi connectivity index (χ0n) is 11.2. The number of oxime groups is 1. The topological polar surface area (TPSA) is 104 Å². The lowest BCUT2D eigenvalue weighted by atomic mass is 10.3. The number of carbonyl (C=O) groups excluding carboxylic acids is 1. The lowest BCUT2D eigenvalue weighted by Crippen LogP contribution is -2.24. The second kappa shape index (κ2) is 7.15. The van der Waals surface area contributed by atoms with Crippen LogP contribution in [0.2, 0.25) is 5.15 Å². The van der Waals surface area contributed by atoms with Gasteiger partial charge in [-0.3, -0.25) is 4.79 Å². The summed E-state index contributed by atoms with van der Waals surface area (Å²) in [5.74, 6) is -0.917. The van der Waals surface area contributed by atoms with Crippen LogP contribution < -0.4 is 5.49 Å². The highest BCUT2D eigenvalue weighted by Crippen LogP contribution is 2.06. The van der Waals surface area contributed by atoms with Gasteiger partial charge in [0.05, 0.1) is 6.54 Å². The Hall–Kier alpha value is -2.98. The Balaban J connectivity index is 2.37. The van der Waals surface area contributed by atoms with Gasteiger partial charge in [0.25, 0.3) is 0 Å². The number of halogens is 1. The summed E-state index contributed by atoms with van der Waals surface area (Å²) in [6.45, 7) is 0.412. The number of pyridine rings is 2. The van der Waals surface area contributed by atoms with Crippen molar-refractivity contribution in [3.05, 3.63) is 58.9 Å². The molecule has 2 heterocycles. The molecule has 0 aromatic carbocycles. The Bertz CT molecular complexity index is 818. The highest BCUT2D eigenvalue weighted by Gasteiger charge is 2.10. The van der Waals surface area contributed by atoms with Gasteiger partial charge in [0.2, 0.25) is 5.71 Å². The summed E-state index contributed by atoms with van der Waals surface area (Å²) >= 11 is 5.73. The van der Waals surface area contributed by atoms with Crippen molar-refractivity contribution in [2.75, 3.05) is 0 Å². The number of aromatic nitrogens is 2. The summed E-state index contributed by atoms with van der Waals surface area (Å²) in [6.07, 6.45) is 3.34. The minimum atomic E-state index is -0.917. The third-order valence-electron chi connectivity index (χ3n) is 2.68. The molecule has 22 heavy (non-hydrogen) atoms. The molecule has 110 valence electrons. The van der Waals surface area contributed by atoms with E-state index in [1.165, 1.54) is 6.07 Å². The number of nitrogens with zero attached hydrogens (tertiary/aromatic N) is 5. The first kappa shape index (κ1) is 15.4. The molecule has 0 saturated carbocycles. The van der Waals surface area contributed by atoms with E-state index in [-0.39, 0.29) is 0 Å². The molecule has 0 bridgehead atoms. The summed E-state index contributed by atoms with van der Waals surface area (Å²) in [6, 6.07) is 10.0. The van der Waals surface area contributed by atoms with E-state index in [1.807, 2.05) is 0 Å². The first-order chi connectivity index (χ1) is 10.6. The third-order valence-corrected chi connectivity index (χ3v) is 2.91. The Morgan fingerprint density at radius 2 is 2.23 bits per heavy atom. The monoisotopic (exact) mass is 315 g/mol. The van der Waals surface area contributed by atoms with Crippen LogP contribution in [0, 0.1) is 11.3 Å². The van der Waals surface area contributed by atoms with Crippen molar-refractivity contribution >= 4 is 23.2 Å². The maximum absolute atomic E-state index is 11.7. The summed E-state index contributed by atoms with van der Waals surface area (Å²) in [5.41, 5.74) is 0.503. The molecule has 2 aromatic heterocycles. The lowest BCUT2D eigenvalue weighted by molar-refractivity contribution is -0.112. The number of amides is 1. The van der Waals surface area contributed by atoms with Gasteiger partial charge >= 0.3 is 5.91 Å². The van der Waals surface area contributed by atoms with E-state index >= 15 is 0 Å². The van der Waals surface area contributed by atoms with Crippen molar-refractivity contribution in [2.24, 2.45) is 10.1 Å². The standard InChI is InChI=1S/C14H10ClN5O2/c15-12-5-4-10(8-17-12)9-20-6-2-1-3-13(20)18-14(21)11(7-16)19-22/h1-6,8,22H,9H2/b18-13+,19-11+. The first-order valence-electron chi connectivity index (χ1n) is 6.11. The van der Waals surface area contributed by atoms with Gasteiger partial charge in [0.1, 0.15) is 16.7 Å². The van der Waals surface area contributed by atoms with E-state index in [4.69, 9.17) is 22.1 Å². The first-order valence-corrected chi connectivity index (χ1v) is 6.49. The van der Waals surface area contributed by atoms with Gasteiger partial charge in [-0.05, 0) is 23.8 Å². The van der Waals surface area contributed by atoms with Gasteiger partial charge in [-0.25, -0.2) is 4.98 Å². The van der Waals surface area contributed by atoms with Crippen LogP contribution in [-0.4, -0.2) is 26.4 Å². The molecule has 2 rings (SSSR count). The van der Waals surface area contributed by atoms with Crippen LogP contribution in [0.1, 0.15) is 5.56 Å². The van der Waals surface area contributed by atoms with Gasteiger partial charge < -0.3 is 9.77 Å². The van der Waals surface area contributed by atoms with E-state index in [2.05, 4.69) is 15.1 Å². The fourth-order valence-electron chi connectivity index (χ4n) is 1.67. The molecular weight excluding hydrogens is 306 g/mol. The smallest absolute Gasteiger partial charge is 0.311 e. The van der Waals surface area contributed by atoms with Crippen LogP contribution in [0.25, 0.3) is 0 Å². The van der Waals surface area contributed by atoms with E-state index in [0.29, 0.717) is 17.2 Å². The van der Waals surface area contributed by atoms with E-state index in [9.17, 15) is 4.79 Å². The van der Waals surface area contributed by atoms with Crippen molar-refractivity contribution in [3.8, 4) is 6.07 Å². The molecule has 0 aliphatic carbocycles. The Morgan fingerprint density at radius 1 is 1.41 bits per heavy atom. The van der Waals surface area contributed by atoms with Gasteiger partial charge in [0.15, 0.2) is 0 Å². The predicted octanol–water partition coefficient (Wildman–Crippen LogP) is 1.37. The quantitative estimate of drug-likeness (QED) is 0.400. The minimum absolute atomic E-state index is 0.318. The summed E-state index contributed by atoms with van der Waals surface area (Å²) in [4.78, 5) is 19.5. The fraction of sp³-hybridized carbons (Fsp3) is 0.0714. The average Bonchev–Trinajstić information content (AvgIpc) is 2.52. The molecule has 0 unspecified atom stereocenters. The zero-order chi connectivity index (χ0) is 15.9. The summed E-state index contributed by atoms with van der Waals surface area (Å²) in [5, 5.41) is 20.2. The van der Waals surface area contributed by atoms with Crippen molar-refractivity contribution in [2.45, 2.75) is 6.54 Å². The molecule has 1 N–H and O–H groups in total. The molecule has 2 aromatic rings. The van der Waals surface area contributed by atoms with Gasteiger partial charge in [-0.15, -0.1) is 0 Å². The van der Waals surface area contributed by atoms with Crippen LogP contribution in [0.15, 0.2) is 52.9 Å². The third kappa shape index (κ3) is 3.77. The molecule has 0 saturated heterocycles. The number of nitriles is 1. The molecule has 0 atom stereocenters. The van der Waals surface area contributed by atoms with Crippen molar-refractivity contribution in [3.63, 3.8) is 0 Å². The van der Waals surface area contributed by atoms with Crippen LogP contribution in [-0.2, 0) is 11.3 Å². The molecule has 0 fully saturated rings. The molecule has 0 spiro atoms. The maximum atomic E-state index is 11.7. The molecule has 8 heteroatoms. The van der Waals surface area contributed by atoms with Crippen LogP contribution in [0.5, 0.6) is 0 Å². The lowest BCUT2D eigenvalue weighted by Gasteiger charge is -2.06. The zero-order valence-corrected chi connectivity index (χ0v) is 12.0. The summed E-state index contributed by atoms with van der Waals surface area (Å²) in [7, 11) is 0. The van der Waals surface area contributed by atoms with Crippen LogP contribution in [0.4, 0.5) is 0 Å².